The van der Waals surface area contributed by atoms with Crippen LogP contribution in [-0.2, 0) is 9.59 Å². The van der Waals surface area contributed by atoms with Crippen LogP contribution >= 0.6 is 0 Å². The molecule has 0 bridgehead atoms. The lowest BCUT2D eigenvalue weighted by atomic mass is 9.97. The van der Waals surface area contributed by atoms with E-state index < -0.39 is 17.8 Å². The maximum atomic E-state index is 11.3. The van der Waals surface area contributed by atoms with E-state index in [1.165, 1.54) is 0 Å². The van der Waals surface area contributed by atoms with Gasteiger partial charge in [-0.2, -0.15) is 4.99 Å². The van der Waals surface area contributed by atoms with Gasteiger partial charge in [0.25, 0.3) is 5.91 Å². The number of amides is 1. The Kier molecular flexibility index (Phi) is 2.95. The first kappa shape index (κ1) is 10.4. The Hall–Kier alpha value is -1.72. The molecular formula is C8H11N3O3. The Balaban J connectivity index is 2.67. The molecule has 0 saturated carbocycles. The van der Waals surface area contributed by atoms with Crippen molar-refractivity contribution in [2.45, 2.75) is 19.8 Å². The molecule has 3 N–H and O–H groups in total. The van der Waals surface area contributed by atoms with E-state index in [0.717, 1.165) is 0 Å². The zero-order valence-corrected chi connectivity index (χ0v) is 7.73. The van der Waals surface area contributed by atoms with Gasteiger partial charge in [-0.05, 0) is 13.3 Å². The molecule has 0 spiro atoms. The van der Waals surface area contributed by atoms with Crippen molar-refractivity contribution in [2.24, 2.45) is 21.6 Å². The number of hydrogen-bond acceptors (Lipinski definition) is 4. The molecule has 0 fully saturated rings. The number of aliphatic imine (C=N–C) groups is 2. The van der Waals surface area contributed by atoms with Crippen LogP contribution in [0.4, 0.5) is 0 Å². The van der Waals surface area contributed by atoms with Gasteiger partial charge in [-0.1, -0.05) is 0 Å². The molecule has 0 aliphatic carbocycles. The molecule has 1 rings (SSSR count). The molecule has 1 aliphatic heterocycles. The van der Waals surface area contributed by atoms with Crippen molar-refractivity contribution in [3.63, 3.8) is 0 Å². The average Bonchev–Trinajstić information content (AvgIpc) is 2.01. The third-order valence-electron chi connectivity index (χ3n) is 1.96. The Bertz CT molecular complexity index is 333. The van der Waals surface area contributed by atoms with Crippen molar-refractivity contribution in [2.75, 3.05) is 0 Å². The molecule has 0 aromatic heterocycles. The minimum Gasteiger partial charge on any atom is -0.481 e. The summed E-state index contributed by atoms with van der Waals surface area (Å²) < 4.78 is 0. The first-order chi connectivity index (χ1) is 6.50. The van der Waals surface area contributed by atoms with Gasteiger partial charge in [0.15, 0.2) is 0 Å². The summed E-state index contributed by atoms with van der Waals surface area (Å²) in [6.07, 6.45) is 0.152. The fourth-order valence-corrected chi connectivity index (χ4v) is 1.25. The van der Waals surface area contributed by atoms with Crippen LogP contribution in [0.25, 0.3) is 0 Å². The van der Waals surface area contributed by atoms with Crippen molar-refractivity contribution < 1.29 is 14.7 Å². The topological polar surface area (TPSA) is 105 Å². The quantitative estimate of drug-likeness (QED) is 0.652. The lowest BCUT2D eigenvalue weighted by Gasteiger charge is -2.15. The molecule has 6 heteroatoms. The van der Waals surface area contributed by atoms with Gasteiger partial charge in [-0.15, -0.1) is 0 Å². The minimum atomic E-state index is -0.937. The van der Waals surface area contributed by atoms with E-state index in [1.54, 1.807) is 6.92 Å². The normalized spacial score (nSPS) is 21.5. The number of hydrogen-bond donors (Lipinski definition) is 2. The number of nitrogens with two attached hydrogens (primary N) is 1. The monoisotopic (exact) mass is 197 g/mol. The summed E-state index contributed by atoms with van der Waals surface area (Å²) in [7, 11) is 0. The van der Waals surface area contributed by atoms with Gasteiger partial charge >= 0.3 is 5.97 Å². The Morgan fingerprint density at radius 2 is 2.21 bits per heavy atom. The average molecular weight is 197 g/mol. The standard InChI is InChI=1S/C8H11N3O3/c1-4-5(2-3-6(12)13)7(14)11-8(9)10-4/h5H,2-3H2,1H3,(H,12,13)(H2,9,11,14). The van der Waals surface area contributed by atoms with E-state index >= 15 is 0 Å². The van der Waals surface area contributed by atoms with Crippen LogP contribution in [0.5, 0.6) is 0 Å². The van der Waals surface area contributed by atoms with Crippen LogP contribution < -0.4 is 5.73 Å². The maximum absolute atomic E-state index is 11.3. The van der Waals surface area contributed by atoms with Crippen LogP contribution in [0.15, 0.2) is 9.98 Å². The summed E-state index contributed by atoms with van der Waals surface area (Å²) in [5, 5.41) is 8.46. The van der Waals surface area contributed by atoms with Crippen LogP contribution in [0, 0.1) is 5.92 Å². The Morgan fingerprint density at radius 3 is 2.71 bits per heavy atom. The summed E-state index contributed by atoms with van der Waals surface area (Å²) in [4.78, 5) is 28.9. The summed E-state index contributed by atoms with van der Waals surface area (Å²) in [5.41, 5.74) is 5.79. The lowest BCUT2D eigenvalue weighted by molar-refractivity contribution is -0.137. The number of aliphatic carboxylic acids is 1. The lowest BCUT2D eigenvalue weighted by Crippen LogP contribution is -2.30. The van der Waals surface area contributed by atoms with Gasteiger partial charge < -0.3 is 10.8 Å². The third kappa shape index (κ3) is 2.38. The highest BCUT2D eigenvalue weighted by Crippen LogP contribution is 2.14. The first-order valence-electron chi connectivity index (χ1n) is 4.15. The molecule has 1 heterocycles. The largest absolute Gasteiger partial charge is 0.481 e. The van der Waals surface area contributed by atoms with Gasteiger partial charge in [0.1, 0.15) is 0 Å². The fourth-order valence-electron chi connectivity index (χ4n) is 1.25. The third-order valence-corrected chi connectivity index (χ3v) is 1.96. The SMILES string of the molecule is CC1=NC(N)=NC(=O)C1CCC(=O)O. The smallest absolute Gasteiger partial charge is 0.303 e. The molecule has 0 radical (unpaired) electrons. The van der Waals surface area contributed by atoms with Gasteiger partial charge in [0.2, 0.25) is 5.96 Å². The number of carboxylic acids is 1. The molecule has 76 valence electrons. The molecule has 1 unspecified atom stereocenters. The van der Waals surface area contributed by atoms with Crippen molar-refractivity contribution in [3.8, 4) is 0 Å². The summed E-state index contributed by atoms with van der Waals surface area (Å²) in [6, 6.07) is 0. The molecule has 6 nitrogen and oxygen atoms in total. The summed E-state index contributed by atoms with van der Waals surface area (Å²) in [6.45, 7) is 1.64. The minimum absolute atomic E-state index is 0.0564. The summed E-state index contributed by atoms with van der Waals surface area (Å²) in [5.74, 6) is -1.93. The highest BCUT2D eigenvalue weighted by molar-refractivity contribution is 6.14. The van der Waals surface area contributed by atoms with E-state index in [1.807, 2.05) is 0 Å². The fraction of sp³-hybridized carbons (Fsp3) is 0.500. The number of carboxylic acid groups (broad SMARTS) is 1. The predicted molar refractivity (Wildman–Crippen MR) is 50.1 cm³/mol. The second-order valence-electron chi connectivity index (χ2n) is 3.05. The van der Waals surface area contributed by atoms with Crippen molar-refractivity contribution in [3.05, 3.63) is 0 Å². The van der Waals surface area contributed by atoms with Crippen LogP contribution in [0.3, 0.4) is 0 Å². The number of carbonyl (C=O) groups excluding carboxylic acids is 1. The zero-order chi connectivity index (χ0) is 10.7. The highest BCUT2D eigenvalue weighted by atomic mass is 16.4. The number of guanidine groups is 1. The zero-order valence-electron chi connectivity index (χ0n) is 7.73. The number of rotatable bonds is 3. The van der Waals surface area contributed by atoms with Gasteiger partial charge in [-0.3, -0.25) is 9.59 Å². The molecule has 1 amide bonds. The van der Waals surface area contributed by atoms with Crippen molar-refractivity contribution >= 4 is 23.5 Å². The number of carbonyl (C=O) groups is 2. The van der Waals surface area contributed by atoms with E-state index in [-0.39, 0.29) is 18.8 Å². The maximum Gasteiger partial charge on any atom is 0.303 e. The molecule has 0 aromatic rings. The van der Waals surface area contributed by atoms with E-state index in [9.17, 15) is 9.59 Å². The van der Waals surface area contributed by atoms with E-state index in [4.69, 9.17) is 10.8 Å². The Labute approximate surface area is 80.5 Å². The highest BCUT2D eigenvalue weighted by Gasteiger charge is 2.25. The number of nitrogens with zero attached hydrogens (tertiary/aromatic N) is 2. The van der Waals surface area contributed by atoms with Crippen LogP contribution in [0.2, 0.25) is 0 Å². The Morgan fingerprint density at radius 1 is 1.57 bits per heavy atom. The van der Waals surface area contributed by atoms with Crippen molar-refractivity contribution in [1.82, 2.24) is 0 Å². The second-order valence-corrected chi connectivity index (χ2v) is 3.05. The molecule has 14 heavy (non-hydrogen) atoms. The molecule has 1 aliphatic rings. The molecule has 0 saturated heterocycles. The first-order valence-corrected chi connectivity index (χ1v) is 4.15. The van der Waals surface area contributed by atoms with Crippen LogP contribution in [0.1, 0.15) is 19.8 Å². The molecule has 1 atom stereocenters. The molecule has 0 aromatic carbocycles. The summed E-state index contributed by atoms with van der Waals surface area (Å²) >= 11 is 0. The predicted octanol–water partition coefficient (Wildman–Crippen LogP) is -0.217. The van der Waals surface area contributed by atoms with Crippen LogP contribution in [-0.4, -0.2) is 28.7 Å². The molecular weight excluding hydrogens is 186 g/mol. The van der Waals surface area contributed by atoms with Gasteiger partial charge in [-0.25, -0.2) is 4.99 Å². The van der Waals surface area contributed by atoms with E-state index in [2.05, 4.69) is 9.98 Å². The van der Waals surface area contributed by atoms with E-state index in [0.29, 0.717) is 5.71 Å². The van der Waals surface area contributed by atoms with Crippen molar-refractivity contribution in [1.29, 1.82) is 0 Å². The van der Waals surface area contributed by atoms with Gasteiger partial charge in [0, 0.05) is 12.1 Å². The van der Waals surface area contributed by atoms with Gasteiger partial charge in [0.05, 0.1) is 5.92 Å². The second kappa shape index (κ2) is 3.99.